The van der Waals surface area contributed by atoms with E-state index in [1.165, 1.54) is 16.5 Å². The Labute approximate surface area is 238 Å². The molecule has 2 aliphatic rings. The molecule has 1 amide bonds. The van der Waals surface area contributed by atoms with Crippen LogP contribution in [0, 0.1) is 5.92 Å². The molecule has 0 spiro atoms. The average Bonchev–Trinajstić information content (AvgIpc) is 3.40. The number of likely N-dealkylation sites (tertiary alicyclic amines) is 2. The monoisotopic (exact) mass is 559 g/mol. The van der Waals surface area contributed by atoms with Crippen molar-refractivity contribution in [2.24, 2.45) is 5.92 Å². The van der Waals surface area contributed by atoms with E-state index >= 15 is 0 Å². The number of amides is 1. The number of fused-ring (bicyclic) bond motifs is 1. The minimum atomic E-state index is -1.08. The highest BCUT2D eigenvalue weighted by molar-refractivity contribution is 6.30. The van der Waals surface area contributed by atoms with Gasteiger partial charge < -0.3 is 19.5 Å². The van der Waals surface area contributed by atoms with Crippen LogP contribution in [-0.4, -0.2) is 73.8 Å². The Bertz CT molecular complexity index is 1560. The quantitative estimate of drug-likeness (QED) is 0.401. The van der Waals surface area contributed by atoms with Crippen LogP contribution in [0.25, 0.3) is 16.7 Å². The predicted octanol–water partition coefficient (Wildman–Crippen LogP) is 3.93. The maximum atomic E-state index is 13.7. The lowest BCUT2D eigenvalue weighted by atomic mass is 9.79. The van der Waals surface area contributed by atoms with Crippen molar-refractivity contribution in [3.05, 3.63) is 94.1 Å². The summed E-state index contributed by atoms with van der Waals surface area (Å²) < 4.78 is 3.34. The molecule has 2 aromatic carbocycles. The fraction of sp³-hybridized carbons (Fsp3) is 0.387. The number of likely N-dealkylation sites (N-methyl/N-ethyl adjacent to an activating group) is 1. The fourth-order valence-corrected chi connectivity index (χ4v) is 6.40. The second-order valence-corrected chi connectivity index (χ2v) is 11.7. The standard InChI is InChI=1S/C31H34ClN5O3/c1-34-15-11-25(27(19-34)22-5-3-2-4-6-22)29(38)35-17-13-31(40,14-18-35)20-36-21-33-28-26(30(36)39)12-16-37(28)24-9-7-23(32)8-10-24/h2-10,12,16,21,25,27,40H,11,13-15,17-20H2,1H3/t25-,27+/m1/s1. The van der Waals surface area contributed by atoms with E-state index in [-0.39, 0.29) is 29.8 Å². The Morgan fingerprint density at radius 3 is 2.50 bits per heavy atom. The Hall–Kier alpha value is -3.46. The van der Waals surface area contributed by atoms with E-state index in [4.69, 9.17) is 11.6 Å². The highest BCUT2D eigenvalue weighted by Gasteiger charge is 2.40. The van der Waals surface area contributed by atoms with Gasteiger partial charge in [-0.25, -0.2) is 4.98 Å². The third-order valence-corrected chi connectivity index (χ3v) is 8.86. The van der Waals surface area contributed by atoms with Gasteiger partial charge in [-0.2, -0.15) is 0 Å². The number of hydrogen-bond acceptors (Lipinski definition) is 5. The second kappa shape index (κ2) is 10.8. The zero-order valence-electron chi connectivity index (χ0n) is 22.6. The van der Waals surface area contributed by atoms with Crippen molar-refractivity contribution >= 4 is 28.5 Å². The van der Waals surface area contributed by atoms with E-state index in [9.17, 15) is 14.7 Å². The highest BCUT2D eigenvalue weighted by atomic mass is 35.5. The molecule has 2 fully saturated rings. The Kier molecular flexibility index (Phi) is 7.25. The first-order valence-electron chi connectivity index (χ1n) is 13.9. The molecule has 0 bridgehead atoms. The van der Waals surface area contributed by atoms with Crippen molar-refractivity contribution in [3.63, 3.8) is 0 Å². The maximum absolute atomic E-state index is 13.7. The van der Waals surface area contributed by atoms with Gasteiger partial charge in [0.1, 0.15) is 6.33 Å². The summed E-state index contributed by atoms with van der Waals surface area (Å²) in [7, 11) is 2.11. The molecule has 0 aliphatic carbocycles. The minimum absolute atomic E-state index is 0.0660. The van der Waals surface area contributed by atoms with Crippen LogP contribution in [0.4, 0.5) is 0 Å². The predicted molar refractivity (Wildman–Crippen MR) is 156 cm³/mol. The lowest BCUT2D eigenvalue weighted by Crippen LogP contribution is -2.52. The molecule has 6 rings (SSSR count). The largest absolute Gasteiger partial charge is 0.388 e. The number of aromatic nitrogens is 3. The van der Waals surface area contributed by atoms with Crippen LogP contribution >= 0.6 is 11.6 Å². The van der Waals surface area contributed by atoms with E-state index in [2.05, 4.69) is 29.1 Å². The molecule has 0 saturated carbocycles. The first-order valence-corrected chi connectivity index (χ1v) is 14.3. The van der Waals surface area contributed by atoms with Gasteiger partial charge in [0, 0.05) is 48.4 Å². The highest BCUT2D eigenvalue weighted by Crippen LogP contribution is 2.35. The van der Waals surface area contributed by atoms with Crippen molar-refractivity contribution in [1.82, 2.24) is 23.9 Å². The number of nitrogens with zero attached hydrogens (tertiary/aromatic N) is 5. The summed E-state index contributed by atoms with van der Waals surface area (Å²) >= 11 is 6.02. The van der Waals surface area contributed by atoms with Crippen molar-refractivity contribution in [3.8, 4) is 5.69 Å². The lowest BCUT2D eigenvalue weighted by Gasteiger charge is -2.42. The Balaban J connectivity index is 1.15. The van der Waals surface area contributed by atoms with Crippen LogP contribution in [0.3, 0.4) is 0 Å². The molecular weight excluding hydrogens is 526 g/mol. The van der Waals surface area contributed by atoms with Gasteiger partial charge in [-0.3, -0.25) is 14.2 Å². The summed E-state index contributed by atoms with van der Waals surface area (Å²) in [6.45, 7) is 2.84. The molecule has 2 saturated heterocycles. The number of benzene rings is 2. The second-order valence-electron chi connectivity index (χ2n) is 11.3. The van der Waals surface area contributed by atoms with Crippen LogP contribution in [0.2, 0.25) is 5.02 Å². The van der Waals surface area contributed by atoms with E-state index in [1.54, 1.807) is 18.2 Å². The normalized spacial score (nSPS) is 21.5. The molecule has 0 unspecified atom stereocenters. The smallest absolute Gasteiger partial charge is 0.262 e. The van der Waals surface area contributed by atoms with Gasteiger partial charge in [-0.15, -0.1) is 0 Å². The van der Waals surface area contributed by atoms with Crippen LogP contribution in [0.5, 0.6) is 0 Å². The van der Waals surface area contributed by atoms with Gasteiger partial charge in [-0.1, -0.05) is 41.9 Å². The summed E-state index contributed by atoms with van der Waals surface area (Å²) in [5.41, 5.74) is 1.34. The molecule has 9 heteroatoms. The van der Waals surface area contributed by atoms with E-state index < -0.39 is 5.60 Å². The third kappa shape index (κ3) is 5.19. The molecular formula is C31H34ClN5O3. The molecule has 0 radical (unpaired) electrons. The molecule has 4 heterocycles. The van der Waals surface area contributed by atoms with Crippen LogP contribution in [-0.2, 0) is 11.3 Å². The Morgan fingerprint density at radius 2 is 1.77 bits per heavy atom. The zero-order valence-corrected chi connectivity index (χ0v) is 23.4. The van der Waals surface area contributed by atoms with Crippen molar-refractivity contribution in [2.45, 2.75) is 37.3 Å². The number of rotatable bonds is 5. The van der Waals surface area contributed by atoms with Gasteiger partial charge in [0.2, 0.25) is 5.91 Å². The molecule has 1 N–H and O–H groups in total. The molecule has 2 atom stereocenters. The molecule has 208 valence electrons. The summed E-state index contributed by atoms with van der Waals surface area (Å²) in [5.74, 6) is 0.265. The van der Waals surface area contributed by atoms with Gasteiger partial charge in [0.05, 0.1) is 17.5 Å². The van der Waals surface area contributed by atoms with Crippen LogP contribution in [0.15, 0.2) is 78.0 Å². The van der Waals surface area contributed by atoms with Gasteiger partial charge in [-0.05, 0) is 68.8 Å². The van der Waals surface area contributed by atoms with E-state index in [0.717, 1.165) is 25.2 Å². The van der Waals surface area contributed by atoms with Gasteiger partial charge in [0.15, 0.2) is 5.65 Å². The number of carbonyl (C=O) groups is 1. The van der Waals surface area contributed by atoms with Crippen molar-refractivity contribution in [1.29, 1.82) is 0 Å². The molecule has 2 aliphatic heterocycles. The van der Waals surface area contributed by atoms with E-state index in [1.807, 2.05) is 46.0 Å². The minimum Gasteiger partial charge on any atom is -0.388 e. The maximum Gasteiger partial charge on any atom is 0.262 e. The number of halogens is 1. The SMILES string of the molecule is CN1CC[C@@H](C(=O)N2CCC(O)(Cn3cnc4c(ccn4-c4ccc(Cl)cc4)c3=O)CC2)[C@H](c2ccccc2)C1. The summed E-state index contributed by atoms with van der Waals surface area (Å²) in [6.07, 6.45) is 4.98. The number of hydrogen-bond donors (Lipinski definition) is 1. The first-order chi connectivity index (χ1) is 19.3. The number of carbonyl (C=O) groups excluding carboxylic acids is 1. The number of aliphatic hydroxyl groups is 1. The van der Waals surface area contributed by atoms with Gasteiger partial charge >= 0.3 is 0 Å². The van der Waals surface area contributed by atoms with Crippen molar-refractivity contribution < 1.29 is 9.90 Å². The molecule has 4 aromatic rings. The average molecular weight is 560 g/mol. The molecule has 8 nitrogen and oxygen atoms in total. The van der Waals surface area contributed by atoms with Crippen LogP contribution in [0.1, 0.15) is 30.7 Å². The van der Waals surface area contributed by atoms with Crippen LogP contribution < -0.4 is 5.56 Å². The van der Waals surface area contributed by atoms with Gasteiger partial charge in [0.25, 0.3) is 5.56 Å². The molecule has 40 heavy (non-hydrogen) atoms. The summed E-state index contributed by atoms with van der Waals surface area (Å²) in [4.78, 5) is 35.8. The third-order valence-electron chi connectivity index (χ3n) is 8.61. The summed E-state index contributed by atoms with van der Waals surface area (Å²) in [6, 6.07) is 19.4. The van der Waals surface area contributed by atoms with Crippen molar-refractivity contribution in [2.75, 3.05) is 33.2 Å². The topological polar surface area (TPSA) is 83.6 Å². The number of piperidine rings is 2. The Morgan fingerprint density at radius 1 is 1.05 bits per heavy atom. The fourth-order valence-electron chi connectivity index (χ4n) is 6.28. The lowest BCUT2D eigenvalue weighted by molar-refractivity contribution is -0.142. The first kappa shape index (κ1) is 26.7. The molecule has 2 aromatic heterocycles. The zero-order chi connectivity index (χ0) is 27.9. The van der Waals surface area contributed by atoms with E-state index in [0.29, 0.717) is 42.0 Å². The summed E-state index contributed by atoms with van der Waals surface area (Å²) in [5, 5.41) is 12.6.